The zero-order valence-corrected chi connectivity index (χ0v) is 15.1. The number of rotatable bonds is 4. The maximum absolute atomic E-state index is 13.0. The van der Waals surface area contributed by atoms with Gasteiger partial charge in [-0.1, -0.05) is 6.07 Å². The highest BCUT2D eigenvalue weighted by atomic mass is 19.4. The Labute approximate surface area is 158 Å². The number of carbonyl (C=O) groups excluding carboxylic acids is 1. The van der Waals surface area contributed by atoms with E-state index in [1.54, 1.807) is 31.0 Å². The van der Waals surface area contributed by atoms with Gasteiger partial charge in [-0.3, -0.25) is 18.8 Å². The second-order valence-corrected chi connectivity index (χ2v) is 6.28. The van der Waals surface area contributed by atoms with E-state index in [4.69, 9.17) is 0 Å². The fraction of sp³-hybridized carbons (Fsp3) is 0.211. The quantitative estimate of drug-likeness (QED) is 0.745. The molecule has 2 heterocycles. The number of pyridine rings is 1. The molecular weight excluding hydrogens is 373 g/mol. The Morgan fingerprint density at radius 2 is 1.96 bits per heavy atom. The molecule has 1 amide bonds. The average molecular weight is 390 g/mol. The van der Waals surface area contributed by atoms with E-state index in [-0.39, 0.29) is 17.8 Å². The Bertz CT molecular complexity index is 1080. The minimum atomic E-state index is -4.54. The van der Waals surface area contributed by atoms with E-state index in [1.165, 1.54) is 24.3 Å². The van der Waals surface area contributed by atoms with Gasteiger partial charge in [0.2, 0.25) is 0 Å². The first-order chi connectivity index (χ1) is 13.2. The molecule has 0 radical (unpaired) electrons. The van der Waals surface area contributed by atoms with E-state index in [2.05, 4.69) is 10.4 Å². The van der Waals surface area contributed by atoms with Gasteiger partial charge in [0, 0.05) is 36.7 Å². The van der Waals surface area contributed by atoms with E-state index in [1.807, 2.05) is 0 Å². The largest absolute Gasteiger partial charge is 0.416 e. The molecule has 0 bridgehead atoms. The van der Waals surface area contributed by atoms with Crippen molar-refractivity contribution in [1.29, 1.82) is 0 Å². The number of hydrogen-bond donors (Lipinski definition) is 1. The van der Waals surface area contributed by atoms with Crippen LogP contribution in [0, 0.1) is 6.92 Å². The third-order valence-corrected chi connectivity index (χ3v) is 4.17. The Morgan fingerprint density at radius 1 is 1.21 bits per heavy atom. The van der Waals surface area contributed by atoms with Crippen LogP contribution in [0.25, 0.3) is 5.69 Å². The van der Waals surface area contributed by atoms with Gasteiger partial charge in [-0.15, -0.1) is 0 Å². The van der Waals surface area contributed by atoms with Crippen molar-refractivity contribution in [2.75, 3.05) is 0 Å². The summed E-state index contributed by atoms with van der Waals surface area (Å²) in [5, 5.41) is 6.60. The van der Waals surface area contributed by atoms with Gasteiger partial charge in [-0.25, -0.2) is 0 Å². The van der Waals surface area contributed by atoms with Crippen molar-refractivity contribution in [3.63, 3.8) is 0 Å². The lowest BCUT2D eigenvalue weighted by Crippen LogP contribution is -2.33. The lowest BCUT2D eigenvalue weighted by Gasteiger charge is -2.14. The van der Waals surface area contributed by atoms with Crippen molar-refractivity contribution in [3.8, 4) is 5.69 Å². The standard InChI is InChI=1S/C19H17F3N4O2/c1-12-6-7-16(17(27)23-9-13-10-24-25(2)11-13)18(28)26(12)15-5-3-4-14(8-15)19(20,21)22/h3-8,10-11H,9H2,1-2H3,(H,23,27). The molecule has 0 aliphatic carbocycles. The number of alkyl halides is 3. The van der Waals surface area contributed by atoms with Gasteiger partial charge in [0.25, 0.3) is 11.5 Å². The average Bonchev–Trinajstić information content (AvgIpc) is 3.05. The van der Waals surface area contributed by atoms with Crippen LogP contribution in [0.2, 0.25) is 0 Å². The Morgan fingerprint density at radius 3 is 2.61 bits per heavy atom. The second-order valence-electron chi connectivity index (χ2n) is 6.28. The molecule has 3 aromatic rings. The van der Waals surface area contributed by atoms with Crippen molar-refractivity contribution in [2.24, 2.45) is 7.05 Å². The highest BCUT2D eigenvalue weighted by molar-refractivity contribution is 5.93. The number of carbonyl (C=O) groups is 1. The molecular formula is C19H17F3N4O2. The van der Waals surface area contributed by atoms with Crippen molar-refractivity contribution in [3.05, 3.63) is 81.5 Å². The van der Waals surface area contributed by atoms with E-state index < -0.39 is 23.2 Å². The first-order valence-electron chi connectivity index (χ1n) is 8.33. The van der Waals surface area contributed by atoms with Gasteiger partial charge >= 0.3 is 6.18 Å². The molecule has 9 heteroatoms. The van der Waals surface area contributed by atoms with Crippen LogP contribution in [0.5, 0.6) is 0 Å². The number of nitrogens with zero attached hydrogens (tertiary/aromatic N) is 3. The van der Waals surface area contributed by atoms with E-state index >= 15 is 0 Å². The highest BCUT2D eigenvalue weighted by Gasteiger charge is 2.30. The number of aryl methyl sites for hydroxylation is 2. The maximum Gasteiger partial charge on any atom is 0.416 e. The van der Waals surface area contributed by atoms with Gasteiger partial charge in [-0.2, -0.15) is 18.3 Å². The monoisotopic (exact) mass is 390 g/mol. The normalized spacial score (nSPS) is 11.5. The fourth-order valence-electron chi connectivity index (χ4n) is 2.79. The van der Waals surface area contributed by atoms with Crippen LogP contribution in [0.4, 0.5) is 13.2 Å². The first-order valence-corrected chi connectivity index (χ1v) is 8.33. The fourth-order valence-corrected chi connectivity index (χ4v) is 2.79. The lowest BCUT2D eigenvalue weighted by atomic mass is 10.1. The Hall–Kier alpha value is -3.36. The van der Waals surface area contributed by atoms with Crippen LogP contribution < -0.4 is 10.9 Å². The Kier molecular flexibility index (Phi) is 5.08. The molecule has 0 aliphatic rings. The maximum atomic E-state index is 13.0. The summed E-state index contributed by atoms with van der Waals surface area (Å²) in [5.41, 5.74) is -0.522. The summed E-state index contributed by atoms with van der Waals surface area (Å²) < 4.78 is 41.7. The zero-order valence-electron chi connectivity index (χ0n) is 15.1. The number of benzene rings is 1. The van der Waals surface area contributed by atoms with Crippen LogP contribution in [0.15, 0.2) is 53.6 Å². The molecule has 28 heavy (non-hydrogen) atoms. The van der Waals surface area contributed by atoms with Gasteiger partial charge in [0.1, 0.15) is 5.56 Å². The molecule has 1 N–H and O–H groups in total. The molecule has 0 saturated heterocycles. The molecule has 146 valence electrons. The molecule has 3 rings (SSSR count). The first kappa shape index (κ1) is 19.4. The molecule has 0 fully saturated rings. The van der Waals surface area contributed by atoms with E-state index in [0.717, 1.165) is 22.3 Å². The summed E-state index contributed by atoms with van der Waals surface area (Å²) >= 11 is 0. The van der Waals surface area contributed by atoms with Crippen molar-refractivity contribution >= 4 is 5.91 Å². The minimum Gasteiger partial charge on any atom is -0.348 e. The van der Waals surface area contributed by atoms with Crippen molar-refractivity contribution in [1.82, 2.24) is 19.7 Å². The highest BCUT2D eigenvalue weighted by Crippen LogP contribution is 2.30. The number of aromatic nitrogens is 3. The number of halogens is 3. The molecule has 0 unspecified atom stereocenters. The van der Waals surface area contributed by atoms with Gasteiger partial charge in [0.05, 0.1) is 11.8 Å². The molecule has 0 aliphatic heterocycles. The van der Waals surface area contributed by atoms with Crippen LogP contribution in [-0.4, -0.2) is 20.3 Å². The molecule has 1 aromatic carbocycles. The summed E-state index contributed by atoms with van der Waals surface area (Å²) in [6.45, 7) is 1.75. The van der Waals surface area contributed by atoms with Crippen LogP contribution in [0.1, 0.15) is 27.2 Å². The summed E-state index contributed by atoms with van der Waals surface area (Å²) in [6.07, 6.45) is -1.24. The molecule has 6 nitrogen and oxygen atoms in total. The van der Waals surface area contributed by atoms with Crippen molar-refractivity contribution in [2.45, 2.75) is 19.6 Å². The predicted molar refractivity (Wildman–Crippen MR) is 96.2 cm³/mol. The molecule has 2 aromatic heterocycles. The van der Waals surface area contributed by atoms with Gasteiger partial charge in [-0.05, 0) is 37.3 Å². The smallest absolute Gasteiger partial charge is 0.348 e. The third kappa shape index (κ3) is 3.98. The summed E-state index contributed by atoms with van der Waals surface area (Å²) in [7, 11) is 1.74. The SMILES string of the molecule is Cc1ccc(C(=O)NCc2cnn(C)c2)c(=O)n1-c1cccc(C(F)(F)F)c1. The van der Waals surface area contributed by atoms with Crippen LogP contribution in [-0.2, 0) is 19.8 Å². The van der Waals surface area contributed by atoms with Gasteiger partial charge in [0.15, 0.2) is 0 Å². The summed E-state index contributed by atoms with van der Waals surface area (Å²) in [5.74, 6) is -0.616. The van der Waals surface area contributed by atoms with Crippen LogP contribution >= 0.6 is 0 Å². The topological polar surface area (TPSA) is 68.9 Å². The zero-order chi connectivity index (χ0) is 20.5. The number of hydrogen-bond acceptors (Lipinski definition) is 3. The molecule has 0 atom stereocenters. The van der Waals surface area contributed by atoms with Crippen molar-refractivity contribution < 1.29 is 18.0 Å². The second kappa shape index (κ2) is 7.34. The molecule has 0 spiro atoms. The third-order valence-electron chi connectivity index (χ3n) is 4.17. The lowest BCUT2D eigenvalue weighted by molar-refractivity contribution is -0.137. The summed E-state index contributed by atoms with van der Waals surface area (Å²) in [6, 6.07) is 7.29. The summed E-state index contributed by atoms with van der Waals surface area (Å²) in [4.78, 5) is 25.2. The Balaban J connectivity index is 1.94. The number of amides is 1. The molecule has 0 saturated carbocycles. The number of nitrogens with one attached hydrogen (secondary N) is 1. The van der Waals surface area contributed by atoms with Crippen LogP contribution in [0.3, 0.4) is 0 Å². The van der Waals surface area contributed by atoms with Gasteiger partial charge < -0.3 is 5.32 Å². The minimum absolute atomic E-state index is 0.0410. The van der Waals surface area contributed by atoms with E-state index in [0.29, 0.717) is 5.69 Å². The predicted octanol–water partition coefficient (Wildman–Crippen LogP) is 2.83. The van der Waals surface area contributed by atoms with E-state index in [9.17, 15) is 22.8 Å².